The lowest BCUT2D eigenvalue weighted by molar-refractivity contribution is -0.124. The van der Waals surface area contributed by atoms with Gasteiger partial charge in [0.05, 0.1) is 23.3 Å². The molecule has 1 aromatic heterocycles. The van der Waals surface area contributed by atoms with Crippen LogP contribution < -0.4 is 10.6 Å². The fraction of sp³-hybridized carbons (Fsp3) is 0.429. The van der Waals surface area contributed by atoms with Crippen molar-refractivity contribution >= 4 is 16.9 Å². The average Bonchev–Trinajstić information content (AvgIpc) is 3.06. The Morgan fingerprint density at radius 3 is 3.26 bits per heavy atom. The summed E-state index contributed by atoms with van der Waals surface area (Å²) >= 11 is 0. The van der Waals surface area contributed by atoms with E-state index in [0.717, 1.165) is 36.1 Å². The zero-order valence-electron chi connectivity index (χ0n) is 11.0. The van der Waals surface area contributed by atoms with E-state index in [1.165, 1.54) is 0 Å². The molecule has 3 rings (SSSR count). The van der Waals surface area contributed by atoms with Gasteiger partial charge in [0.2, 0.25) is 5.91 Å². The highest BCUT2D eigenvalue weighted by Gasteiger charge is 2.21. The minimum absolute atomic E-state index is 0.124. The number of nitrogens with zero attached hydrogens (tertiary/aromatic N) is 2. The number of hydrogen-bond donors (Lipinski definition) is 2. The highest BCUT2D eigenvalue weighted by atomic mass is 16.1. The number of aromatic nitrogens is 2. The van der Waals surface area contributed by atoms with Crippen LogP contribution in [0.2, 0.25) is 0 Å². The van der Waals surface area contributed by atoms with Crippen LogP contribution >= 0.6 is 0 Å². The van der Waals surface area contributed by atoms with Crippen molar-refractivity contribution in [1.29, 1.82) is 0 Å². The molecule has 100 valence electrons. The van der Waals surface area contributed by atoms with Crippen LogP contribution in [-0.2, 0) is 18.4 Å². The number of benzene rings is 1. The first-order chi connectivity index (χ1) is 9.24. The van der Waals surface area contributed by atoms with Gasteiger partial charge in [-0.3, -0.25) is 4.79 Å². The molecule has 1 aliphatic heterocycles. The molecule has 2 N–H and O–H groups in total. The number of amides is 1. The predicted octanol–water partition coefficient (Wildman–Crippen LogP) is 0.799. The molecule has 19 heavy (non-hydrogen) atoms. The van der Waals surface area contributed by atoms with Crippen LogP contribution in [0.3, 0.4) is 0 Å². The van der Waals surface area contributed by atoms with Gasteiger partial charge in [-0.2, -0.15) is 0 Å². The lowest BCUT2D eigenvalue weighted by Crippen LogP contribution is -2.31. The first-order valence-corrected chi connectivity index (χ1v) is 6.62. The van der Waals surface area contributed by atoms with Crippen molar-refractivity contribution in [2.75, 3.05) is 13.1 Å². The van der Waals surface area contributed by atoms with Crippen LogP contribution in [0.4, 0.5) is 0 Å². The zero-order valence-corrected chi connectivity index (χ0v) is 11.0. The number of aryl methyl sites for hydroxylation is 1. The third-order valence-electron chi connectivity index (χ3n) is 3.69. The van der Waals surface area contributed by atoms with E-state index in [-0.39, 0.29) is 11.8 Å². The highest BCUT2D eigenvalue weighted by molar-refractivity contribution is 5.79. The second kappa shape index (κ2) is 5.01. The van der Waals surface area contributed by atoms with E-state index < -0.39 is 0 Å². The normalized spacial score (nSPS) is 18.9. The topological polar surface area (TPSA) is 59.0 Å². The van der Waals surface area contributed by atoms with E-state index in [1.807, 2.05) is 29.8 Å². The third-order valence-corrected chi connectivity index (χ3v) is 3.69. The Morgan fingerprint density at radius 1 is 1.58 bits per heavy atom. The van der Waals surface area contributed by atoms with Crippen molar-refractivity contribution in [2.24, 2.45) is 13.0 Å². The highest BCUT2D eigenvalue weighted by Crippen LogP contribution is 2.14. The van der Waals surface area contributed by atoms with Gasteiger partial charge >= 0.3 is 0 Å². The largest absolute Gasteiger partial charge is 0.352 e. The minimum atomic E-state index is 0.124. The summed E-state index contributed by atoms with van der Waals surface area (Å²) in [6.45, 7) is 2.31. The number of fused-ring (bicyclic) bond motifs is 1. The van der Waals surface area contributed by atoms with Crippen LogP contribution in [0.1, 0.15) is 12.0 Å². The zero-order chi connectivity index (χ0) is 13.2. The van der Waals surface area contributed by atoms with Crippen LogP contribution in [-0.4, -0.2) is 28.5 Å². The number of carbonyl (C=O) groups is 1. The molecule has 0 spiro atoms. The average molecular weight is 258 g/mol. The Bertz CT molecular complexity index is 599. The van der Waals surface area contributed by atoms with E-state index in [9.17, 15) is 4.79 Å². The van der Waals surface area contributed by atoms with Gasteiger partial charge in [0.1, 0.15) is 0 Å². The van der Waals surface area contributed by atoms with Crippen molar-refractivity contribution in [3.63, 3.8) is 0 Å². The number of rotatable bonds is 3. The molecule has 1 saturated heterocycles. The first kappa shape index (κ1) is 12.2. The summed E-state index contributed by atoms with van der Waals surface area (Å²) in [7, 11) is 1.98. The molecule has 5 heteroatoms. The molecule has 0 radical (unpaired) electrons. The minimum Gasteiger partial charge on any atom is -0.352 e. The standard InChI is InChI=1S/C14H18N4O/c1-18-9-17-12-6-10(2-3-13(12)18)7-16-14(19)11-4-5-15-8-11/h2-3,6,9,11,15H,4-5,7-8H2,1H3,(H,16,19). The summed E-state index contributed by atoms with van der Waals surface area (Å²) < 4.78 is 1.99. The molecule has 0 saturated carbocycles. The number of carbonyl (C=O) groups excluding carboxylic acids is 1. The lowest BCUT2D eigenvalue weighted by Gasteiger charge is -2.09. The Hall–Kier alpha value is -1.88. The predicted molar refractivity (Wildman–Crippen MR) is 73.5 cm³/mol. The Kier molecular flexibility index (Phi) is 3.21. The van der Waals surface area contributed by atoms with Gasteiger partial charge in [-0.15, -0.1) is 0 Å². The van der Waals surface area contributed by atoms with Gasteiger partial charge in [0, 0.05) is 20.1 Å². The van der Waals surface area contributed by atoms with Crippen molar-refractivity contribution in [2.45, 2.75) is 13.0 Å². The first-order valence-electron chi connectivity index (χ1n) is 6.62. The SMILES string of the molecule is Cn1cnc2cc(CNC(=O)C3CCNC3)ccc21. The van der Waals surface area contributed by atoms with Crippen LogP contribution in [0.15, 0.2) is 24.5 Å². The number of hydrogen-bond acceptors (Lipinski definition) is 3. The van der Waals surface area contributed by atoms with E-state index in [2.05, 4.69) is 15.6 Å². The maximum absolute atomic E-state index is 11.9. The van der Waals surface area contributed by atoms with E-state index in [4.69, 9.17) is 0 Å². The maximum atomic E-state index is 11.9. The molecule has 0 bridgehead atoms. The van der Waals surface area contributed by atoms with E-state index >= 15 is 0 Å². The maximum Gasteiger partial charge on any atom is 0.224 e. The van der Waals surface area contributed by atoms with E-state index in [0.29, 0.717) is 6.54 Å². The molecule has 1 amide bonds. The van der Waals surface area contributed by atoms with Crippen molar-refractivity contribution in [1.82, 2.24) is 20.2 Å². The van der Waals surface area contributed by atoms with Gasteiger partial charge < -0.3 is 15.2 Å². The Morgan fingerprint density at radius 2 is 2.47 bits per heavy atom. The van der Waals surface area contributed by atoms with E-state index in [1.54, 1.807) is 6.33 Å². The summed E-state index contributed by atoms with van der Waals surface area (Å²) in [5.74, 6) is 0.268. The summed E-state index contributed by atoms with van der Waals surface area (Å²) in [6, 6.07) is 6.11. The molecular formula is C14H18N4O. The molecule has 1 atom stereocenters. The van der Waals surface area contributed by atoms with Crippen molar-refractivity contribution in [3.8, 4) is 0 Å². The van der Waals surface area contributed by atoms with Crippen molar-refractivity contribution in [3.05, 3.63) is 30.1 Å². The molecule has 1 fully saturated rings. The Balaban J connectivity index is 1.66. The fourth-order valence-electron chi connectivity index (χ4n) is 2.50. The summed E-state index contributed by atoms with van der Waals surface area (Å²) in [5.41, 5.74) is 3.16. The monoisotopic (exact) mass is 258 g/mol. The molecule has 0 aliphatic carbocycles. The van der Waals surface area contributed by atoms with Crippen molar-refractivity contribution < 1.29 is 4.79 Å². The third kappa shape index (κ3) is 2.46. The molecule has 1 unspecified atom stereocenters. The number of nitrogens with one attached hydrogen (secondary N) is 2. The molecule has 1 aliphatic rings. The lowest BCUT2D eigenvalue weighted by atomic mass is 10.1. The Labute approximate surface area is 112 Å². The van der Waals surface area contributed by atoms with Crippen LogP contribution in [0.25, 0.3) is 11.0 Å². The molecule has 5 nitrogen and oxygen atoms in total. The molecule has 1 aromatic carbocycles. The summed E-state index contributed by atoms with van der Waals surface area (Å²) in [4.78, 5) is 16.2. The smallest absolute Gasteiger partial charge is 0.224 e. The van der Waals surface area contributed by atoms with Gasteiger partial charge in [0.15, 0.2) is 0 Å². The number of imidazole rings is 1. The quantitative estimate of drug-likeness (QED) is 0.856. The fourth-order valence-corrected chi connectivity index (χ4v) is 2.50. The van der Waals surface area contributed by atoms with Gasteiger partial charge in [-0.05, 0) is 30.7 Å². The van der Waals surface area contributed by atoms with Crippen LogP contribution in [0, 0.1) is 5.92 Å². The van der Waals surface area contributed by atoms with Crippen LogP contribution in [0.5, 0.6) is 0 Å². The summed E-state index contributed by atoms with van der Waals surface area (Å²) in [5, 5.41) is 6.20. The van der Waals surface area contributed by atoms with Gasteiger partial charge in [-0.1, -0.05) is 6.07 Å². The molecular weight excluding hydrogens is 240 g/mol. The second-order valence-electron chi connectivity index (χ2n) is 5.09. The van der Waals surface area contributed by atoms with Gasteiger partial charge in [0.25, 0.3) is 0 Å². The van der Waals surface area contributed by atoms with Gasteiger partial charge in [-0.25, -0.2) is 4.98 Å². The summed E-state index contributed by atoms with van der Waals surface area (Å²) in [6.07, 6.45) is 2.74. The molecule has 2 aromatic rings. The molecule has 2 heterocycles. The second-order valence-corrected chi connectivity index (χ2v) is 5.09.